The minimum absolute atomic E-state index is 0.0294. The van der Waals surface area contributed by atoms with Crippen molar-refractivity contribution in [2.75, 3.05) is 7.11 Å². The fourth-order valence-corrected chi connectivity index (χ4v) is 2.79. The summed E-state index contributed by atoms with van der Waals surface area (Å²) in [6, 6.07) is 12.8. The molecule has 0 heterocycles. The van der Waals surface area contributed by atoms with E-state index >= 15 is 0 Å². The first-order valence-electron chi connectivity index (χ1n) is 7.21. The molecule has 3 heteroatoms. The Morgan fingerprint density at radius 2 is 1.67 bits per heavy atom. The molecular weight excluding hydrogens is 260 g/mol. The van der Waals surface area contributed by atoms with Crippen molar-refractivity contribution in [2.24, 2.45) is 5.84 Å². The summed E-state index contributed by atoms with van der Waals surface area (Å²) in [5, 5.41) is 0. The summed E-state index contributed by atoms with van der Waals surface area (Å²) in [5.41, 5.74) is 9.01. The van der Waals surface area contributed by atoms with Crippen LogP contribution in [-0.2, 0) is 6.42 Å². The van der Waals surface area contributed by atoms with Gasteiger partial charge in [0.2, 0.25) is 0 Å². The topological polar surface area (TPSA) is 47.3 Å². The molecule has 0 aromatic heterocycles. The Labute approximate surface area is 127 Å². The molecule has 3 N–H and O–H groups in total. The highest BCUT2D eigenvalue weighted by Gasteiger charge is 2.16. The second-order valence-electron chi connectivity index (χ2n) is 5.66. The zero-order valence-corrected chi connectivity index (χ0v) is 13.2. The quantitative estimate of drug-likeness (QED) is 0.653. The van der Waals surface area contributed by atoms with Gasteiger partial charge in [-0.15, -0.1) is 0 Å². The molecule has 2 aromatic carbocycles. The van der Waals surface area contributed by atoms with Crippen LogP contribution in [0.3, 0.4) is 0 Å². The van der Waals surface area contributed by atoms with Gasteiger partial charge in [0.05, 0.1) is 13.2 Å². The van der Waals surface area contributed by atoms with Crippen molar-refractivity contribution in [2.45, 2.75) is 33.2 Å². The van der Waals surface area contributed by atoms with E-state index in [9.17, 15) is 0 Å². The first-order chi connectivity index (χ1) is 10.0. The number of methoxy groups -OCH3 is 1. The van der Waals surface area contributed by atoms with Crippen LogP contribution in [0.5, 0.6) is 5.75 Å². The number of ether oxygens (including phenoxy) is 1. The molecule has 1 atom stereocenters. The number of nitrogens with two attached hydrogens (primary N) is 1. The van der Waals surface area contributed by atoms with Crippen molar-refractivity contribution in [3.05, 3.63) is 64.2 Å². The molecule has 1 unspecified atom stereocenters. The number of nitrogens with one attached hydrogen (secondary N) is 1. The molecule has 0 saturated carbocycles. The Kier molecular flexibility index (Phi) is 4.99. The summed E-state index contributed by atoms with van der Waals surface area (Å²) in [4.78, 5) is 0. The highest BCUT2D eigenvalue weighted by Crippen LogP contribution is 2.28. The van der Waals surface area contributed by atoms with Crippen molar-refractivity contribution in [3.8, 4) is 5.75 Å². The maximum absolute atomic E-state index is 5.78. The Bertz CT molecular complexity index is 602. The van der Waals surface area contributed by atoms with Gasteiger partial charge < -0.3 is 4.74 Å². The molecule has 0 aliphatic carbocycles. The summed E-state index contributed by atoms with van der Waals surface area (Å²) < 4.78 is 5.50. The fourth-order valence-electron chi connectivity index (χ4n) is 2.79. The predicted octanol–water partition coefficient (Wildman–Crippen LogP) is 3.37. The maximum atomic E-state index is 5.78. The lowest BCUT2D eigenvalue weighted by molar-refractivity contribution is 0.398. The molecular formula is C18H24N2O. The van der Waals surface area contributed by atoms with Crippen LogP contribution in [-0.4, -0.2) is 7.11 Å². The molecule has 2 rings (SSSR count). The summed E-state index contributed by atoms with van der Waals surface area (Å²) >= 11 is 0. The van der Waals surface area contributed by atoms with Crippen LogP contribution < -0.4 is 16.0 Å². The second-order valence-corrected chi connectivity index (χ2v) is 5.66. The van der Waals surface area contributed by atoms with Crippen molar-refractivity contribution >= 4 is 0 Å². The van der Waals surface area contributed by atoms with E-state index in [1.165, 1.54) is 22.3 Å². The fraction of sp³-hybridized carbons (Fsp3) is 0.333. The van der Waals surface area contributed by atoms with E-state index in [2.05, 4.69) is 56.5 Å². The molecule has 0 spiro atoms. The molecule has 0 amide bonds. The number of aryl methyl sites for hydroxylation is 3. The SMILES string of the molecule is COc1cc(C)ccc1C(Cc1cc(C)cc(C)c1)NN. The van der Waals surface area contributed by atoms with Crippen LogP contribution in [0.1, 0.15) is 33.9 Å². The molecule has 0 bridgehead atoms. The summed E-state index contributed by atoms with van der Waals surface area (Å²) in [5.74, 6) is 6.66. The van der Waals surface area contributed by atoms with Crippen molar-refractivity contribution in [1.82, 2.24) is 5.43 Å². The van der Waals surface area contributed by atoms with Crippen LogP contribution in [0.15, 0.2) is 36.4 Å². The monoisotopic (exact) mass is 284 g/mol. The molecule has 3 nitrogen and oxygen atoms in total. The van der Waals surface area contributed by atoms with E-state index in [-0.39, 0.29) is 6.04 Å². The molecule has 2 aromatic rings. The van der Waals surface area contributed by atoms with E-state index in [0.29, 0.717) is 0 Å². The Morgan fingerprint density at radius 3 is 2.24 bits per heavy atom. The molecule has 0 aliphatic rings. The van der Waals surface area contributed by atoms with Gasteiger partial charge in [0.25, 0.3) is 0 Å². The lowest BCUT2D eigenvalue weighted by atomic mass is 9.95. The maximum Gasteiger partial charge on any atom is 0.123 e. The minimum Gasteiger partial charge on any atom is -0.496 e. The van der Waals surface area contributed by atoms with E-state index in [1.807, 2.05) is 6.07 Å². The standard InChI is InChI=1S/C18H24N2O/c1-12-5-6-16(18(10-12)21-4)17(20-19)11-15-8-13(2)7-14(3)9-15/h5-10,17,20H,11,19H2,1-4H3. The van der Waals surface area contributed by atoms with Crippen LogP contribution >= 0.6 is 0 Å². The van der Waals surface area contributed by atoms with Gasteiger partial charge in [-0.2, -0.15) is 0 Å². The summed E-state index contributed by atoms with van der Waals surface area (Å²) in [6.07, 6.45) is 0.832. The number of benzene rings is 2. The van der Waals surface area contributed by atoms with Crippen molar-refractivity contribution in [3.63, 3.8) is 0 Å². The summed E-state index contributed by atoms with van der Waals surface area (Å²) in [7, 11) is 1.70. The molecule has 21 heavy (non-hydrogen) atoms. The van der Waals surface area contributed by atoms with Gasteiger partial charge in [-0.25, -0.2) is 0 Å². The first-order valence-corrected chi connectivity index (χ1v) is 7.21. The summed E-state index contributed by atoms with van der Waals surface area (Å²) in [6.45, 7) is 6.29. The molecule has 0 fully saturated rings. The normalized spacial score (nSPS) is 12.2. The van der Waals surface area contributed by atoms with E-state index in [4.69, 9.17) is 10.6 Å². The van der Waals surface area contributed by atoms with Gasteiger partial charge in [-0.1, -0.05) is 41.5 Å². The zero-order chi connectivity index (χ0) is 15.4. The highest BCUT2D eigenvalue weighted by atomic mass is 16.5. The third-order valence-corrected chi connectivity index (χ3v) is 3.69. The molecule has 112 valence electrons. The zero-order valence-electron chi connectivity index (χ0n) is 13.2. The van der Waals surface area contributed by atoms with Gasteiger partial charge >= 0.3 is 0 Å². The average Bonchev–Trinajstić information content (AvgIpc) is 2.44. The van der Waals surface area contributed by atoms with E-state index in [1.54, 1.807) is 7.11 Å². The van der Waals surface area contributed by atoms with Gasteiger partial charge in [-0.05, 0) is 44.4 Å². The third-order valence-electron chi connectivity index (χ3n) is 3.69. The largest absolute Gasteiger partial charge is 0.496 e. The van der Waals surface area contributed by atoms with Crippen LogP contribution in [0, 0.1) is 20.8 Å². The minimum atomic E-state index is 0.0294. The third kappa shape index (κ3) is 3.84. The average molecular weight is 284 g/mol. The Morgan fingerprint density at radius 1 is 1.00 bits per heavy atom. The van der Waals surface area contributed by atoms with Gasteiger partial charge in [0, 0.05) is 5.56 Å². The Balaban J connectivity index is 2.31. The van der Waals surface area contributed by atoms with Crippen LogP contribution in [0.4, 0.5) is 0 Å². The van der Waals surface area contributed by atoms with E-state index in [0.717, 1.165) is 17.7 Å². The van der Waals surface area contributed by atoms with Gasteiger partial charge in [0.15, 0.2) is 0 Å². The van der Waals surface area contributed by atoms with E-state index < -0.39 is 0 Å². The second kappa shape index (κ2) is 6.74. The van der Waals surface area contributed by atoms with Gasteiger partial charge in [0.1, 0.15) is 5.75 Å². The highest BCUT2D eigenvalue weighted by molar-refractivity contribution is 5.40. The Hall–Kier alpha value is -1.84. The predicted molar refractivity (Wildman–Crippen MR) is 87.4 cm³/mol. The molecule has 0 aliphatic heterocycles. The van der Waals surface area contributed by atoms with Gasteiger partial charge in [-0.3, -0.25) is 11.3 Å². The number of hydrogen-bond acceptors (Lipinski definition) is 3. The number of hydrazine groups is 1. The lowest BCUT2D eigenvalue weighted by Gasteiger charge is -2.20. The lowest BCUT2D eigenvalue weighted by Crippen LogP contribution is -2.30. The van der Waals surface area contributed by atoms with Crippen molar-refractivity contribution < 1.29 is 4.74 Å². The number of rotatable bonds is 5. The molecule has 0 radical (unpaired) electrons. The molecule has 0 saturated heterocycles. The van der Waals surface area contributed by atoms with Crippen LogP contribution in [0.2, 0.25) is 0 Å². The van der Waals surface area contributed by atoms with Crippen molar-refractivity contribution in [1.29, 1.82) is 0 Å². The van der Waals surface area contributed by atoms with Crippen LogP contribution in [0.25, 0.3) is 0 Å². The number of hydrogen-bond donors (Lipinski definition) is 2. The smallest absolute Gasteiger partial charge is 0.123 e. The first kappa shape index (κ1) is 15.5.